The van der Waals surface area contributed by atoms with Gasteiger partial charge in [-0.2, -0.15) is 4.80 Å². The second-order valence-corrected chi connectivity index (χ2v) is 5.08. The molecule has 2 unspecified atom stereocenters. The predicted molar refractivity (Wildman–Crippen MR) is 54.7 cm³/mol. The molecule has 0 spiro atoms. The van der Waals surface area contributed by atoms with Crippen molar-refractivity contribution in [3.05, 3.63) is 5.82 Å². The van der Waals surface area contributed by atoms with Gasteiger partial charge in [0.05, 0.1) is 7.05 Å². The molecule has 0 fully saturated rings. The average Bonchev–Trinajstić information content (AvgIpc) is 2.33. The first-order valence-corrected chi connectivity index (χ1v) is 5.36. The van der Waals surface area contributed by atoms with Crippen LogP contribution in [0.3, 0.4) is 0 Å². The summed E-state index contributed by atoms with van der Waals surface area (Å²) in [6, 6.07) is 0. The van der Waals surface area contributed by atoms with Gasteiger partial charge in [-0.05, 0) is 17.6 Å². The van der Waals surface area contributed by atoms with Gasteiger partial charge in [-0.15, -0.1) is 10.2 Å². The van der Waals surface area contributed by atoms with E-state index < -0.39 is 0 Å². The van der Waals surface area contributed by atoms with E-state index in [1.54, 1.807) is 7.05 Å². The van der Waals surface area contributed by atoms with Crippen LogP contribution in [0.15, 0.2) is 0 Å². The Labute approximate surface area is 86.8 Å². The maximum atomic E-state index is 4.14. The Morgan fingerprint density at radius 1 is 1.46 bits per heavy atom. The average molecular weight is 247 g/mol. The van der Waals surface area contributed by atoms with Crippen molar-refractivity contribution in [3.63, 3.8) is 0 Å². The summed E-state index contributed by atoms with van der Waals surface area (Å²) in [5, 5.41) is 11.9. The molecule has 5 heteroatoms. The summed E-state index contributed by atoms with van der Waals surface area (Å²) in [5.74, 6) is 1.43. The third-order valence-corrected chi connectivity index (χ3v) is 2.18. The number of tetrazole rings is 1. The van der Waals surface area contributed by atoms with E-state index in [4.69, 9.17) is 0 Å². The van der Waals surface area contributed by atoms with Gasteiger partial charge in [0.15, 0.2) is 5.82 Å². The van der Waals surface area contributed by atoms with Crippen molar-refractivity contribution < 1.29 is 0 Å². The van der Waals surface area contributed by atoms with Crippen LogP contribution in [0.4, 0.5) is 0 Å². The number of halogens is 1. The summed E-state index contributed by atoms with van der Waals surface area (Å²) >= 11 is 3.53. The molecule has 0 bridgehead atoms. The van der Waals surface area contributed by atoms with Crippen LogP contribution in [-0.2, 0) is 13.5 Å². The molecule has 0 N–H and O–H groups in total. The maximum absolute atomic E-state index is 4.14. The Balaban J connectivity index is 2.40. The number of aryl methyl sites for hydroxylation is 1. The lowest BCUT2D eigenvalue weighted by Gasteiger charge is -2.09. The topological polar surface area (TPSA) is 43.6 Å². The molecule has 0 aliphatic rings. The highest BCUT2D eigenvalue weighted by Gasteiger charge is 2.10. The van der Waals surface area contributed by atoms with Gasteiger partial charge in [0, 0.05) is 11.2 Å². The lowest BCUT2D eigenvalue weighted by atomic mass is 10.0. The van der Waals surface area contributed by atoms with Crippen LogP contribution < -0.4 is 0 Å². The van der Waals surface area contributed by atoms with Gasteiger partial charge in [-0.25, -0.2) is 0 Å². The largest absolute Gasteiger partial charge is 0.175 e. The fraction of sp³-hybridized carbons (Fsp3) is 0.875. The van der Waals surface area contributed by atoms with E-state index in [2.05, 4.69) is 45.2 Å². The lowest BCUT2D eigenvalue weighted by molar-refractivity contribution is 0.517. The molecule has 13 heavy (non-hydrogen) atoms. The summed E-state index contributed by atoms with van der Waals surface area (Å²) in [7, 11) is 1.79. The van der Waals surface area contributed by atoms with Crippen molar-refractivity contribution in [2.75, 3.05) is 0 Å². The number of rotatable bonds is 4. The van der Waals surface area contributed by atoms with Crippen molar-refractivity contribution in [3.8, 4) is 0 Å². The molecule has 1 aromatic rings. The molecule has 0 saturated carbocycles. The second kappa shape index (κ2) is 4.69. The minimum Gasteiger partial charge on any atom is -0.167 e. The minimum absolute atomic E-state index is 0.555. The number of hydrogen-bond acceptors (Lipinski definition) is 3. The van der Waals surface area contributed by atoms with Crippen LogP contribution >= 0.6 is 15.9 Å². The zero-order chi connectivity index (χ0) is 9.84. The SMILES string of the molecule is CC(Br)CC(C)Cc1nnn(C)n1. The molecular weight excluding hydrogens is 232 g/mol. The molecule has 0 aromatic carbocycles. The summed E-state index contributed by atoms with van der Waals surface area (Å²) in [5.41, 5.74) is 0. The van der Waals surface area contributed by atoms with E-state index in [1.165, 1.54) is 4.80 Å². The van der Waals surface area contributed by atoms with E-state index in [0.717, 1.165) is 18.7 Å². The molecule has 0 amide bonds. The molecule has 0 aliphatic carbocycles. The van der Waals surface area contributed by atoms with Crippen molar-refractivity contribution >= 4 is 15.9 Å². The second-order valence-electron chi connectivity index (χ2n) is 3.52. The Kier molecular flexibility index (Phi) is 3.84. The number of hydrogen-bond donors (Lipinski definition) is 0. The molecule has 4 nitrogen and oxygen atoms in total. The van der Waals surface area contributed by atoms with Crippen LogP contribution in [0.2, 0.25) is 0 Å². The van der Waals surface area contributed by atoms with Gasteiger partial charge in [-0.3, -0.25) is 0 Å². The van der Waals surface area contributed by atoms with Gasteiger partial charge in [-0.1, -0.05) is 29.8 Å². The predicted octanol–water partition coefficient (Wildman–Crippen LogP) is 1.56. The van der Waals surface area contributed by atoms with Crippen LogP contribution in [0.1, 0.15) is 26.1 Å². The van der Waals surface area contributed by atoms with E-state index >= 15 is 0 Å². The molecule has 0 aliphatic heterocycles. The Hall–Kier alpha value is -0.450. The van der Waals surface area contributed by atoms with Crippen molar-refractivity contribution in [1.29, 1.82) is 0 Å². The quantitative estimate of drug-likeness (QED) is 0.758. The van der Waals surface area contributed by atoms with Gasteiger partial charge in [0.1, 0.15) is 0 Å². The minimum atomic E-state index is 0.555. The van der Waals surface area contributed by atoms with Crippen LogP contribution in [0.25, 0.3) is 0 Å². The fourth-order valence-electron chi connectivity index (χ4n) is 1.35. The molecule has 2 atom stereocenters. The van der Waals surface area contributed by atoms with Crippen molar-refractivity contribution in [1.82, 2.24) is 20.2 Å². The van der Waals surface area contributed by atoms with Crippen LogP contribution in [0.5, 0.6) is 0 Å². The van der Waals surface area contributed by atoms with Gasteiger partial charge < -0.3 is 0 Å². The van der Waals surface area contributed by atoms with E-state index in [0.29, 0.717) is 10.7 Å². The van der Waals surface area contributed by atoms with Gasteiger partial charge in [0.2, 0.25) is 0 Å². The maximum Gasteiger partial charge on any atom is 0.175 e. The molecule has 1 aromatic heterocycles. The highest BCUT2D eigenvalue weighted by atomic mass is 79.9. The first-order valence-electron chi connectivity index (χ1n) is 4.45. The first kappa shape index (κ1) is 10.6. The third-order valence-electron chi connectivity index (χ3n) is 1.81. The van der Waals surface area contributed by atoms with Gasteiger partial charge >= 0.3 is 0 Å². The van der Waals surface area contributed by atoms with Crippen molar-refractivity contribution in [2.45, 2.75) is 31.5 Å². The smallest absolute Gasteiger partial charge is 0.167 e. The monoisotopic (exact) mass is 246 g/mol. The highest BCUT2D eigenvalue weighted by Crippen LogP contribution is 2.15. The first-order chi connectivity index (χ1) is 6.08. The zero-order valence-corrected chi connectivity index (χ0v) is 9.82. The van der Waals surface area contributed by atoms with Crippen molar-refractivity contribution in [2.24, 2.45) is 13.0 Å². The summed E-state index contributed by atoms with van der Waals surface area (Å²) in [6.07, 6.45) is 2.04. The molecule has 0 saturated heterocycles. The number of aromatic nitrogens is 4. The van der Waals surface area contributed by atoms with E-state index in [1.807, 2.05) is 0 Å². The molecular formula is C8H15BrN4. The summed E-state index contributed by atoms with van der Waals surface area (Å²) in [6.45, 7) is 4.36. The molecule has 1 heterocycles. The number of nitrogens with zero attached hydrogens (tertiary/aromatic N) is 4. The summed E-state index contributed by atoms with van der Waals surface area (Å²) < 4.78 is 0. The fourth-order valence-corrected chi connectivity index (χ4v) is 1.99. The zero-order valence-electron chi connectivity index (χ0n) is 8.24. The Morgan fingerprint density at radius 2 is 2.15 bits per heavy atom. The Morgan fingerprint density at radius 3 is 2.62 bits per heavy atom. The van der Waals surface area contributed by atoms with E-state index in [-0.39, 0.29) is 0 Å². The Bertz CT molecular complexity index is 258. The molecule has 0 radical (unpaired) electrons. The van der Waals surface area contributed by atoms with Gasteiger partial charge in [0.25, 0.3) is 0 Å². The van der Waals surface area contributed by atoms with E-state index in [9.17, 15) is 0 Å². The summed E-state index contributed by atoms with van der Waals surface area (Å²) in [4.78, 5) is 2.05. The third kappa shape index (κ3) is 3.85. The molecule has 74 valence electrons. The molecule has 1 rings (SSSR count). The normalized spacial score (nSPS) is 15.7. The standard InChI is InChI=1S/C8H15BrN4/c1-6(4-7(2)9)5-8-10-12-13(3)11-8/h6-7H,4-5H2,1-3H3. The van der Waals surface area contributed by atoms with Crippen LogP contribution in [-0.4, -0.2) is 25.0 Å². The van der Waals surface area contributed by atoms with Crippen LogP contribution in [0, 0.1) is 5.92 Å². The highest BCUT2D eigenvalue weighted by molar-refractivity contribution is 9.09. The lowest BCUT2D eigenvalue weighted by Crippen LogP contribution is -2.06. The number of alkyl halides is 1.